The summed E-state index contributed by atoms with van der Waals surface area (Å²) in [6, 6.07) is 8.02. The van der Waals surface area contributed by atoms with Crippen molar-refractivity contribution < 1.29 is 9.59 Å². The lowest BCUT2D eigenvalue weighted by Gasteiger charge is -2.41. The van der Waals surface area contributed by atoms with Crippen molar-refractivity contribution in [3.8, 4) is 0 Å². The van der Waals surface area contributed by atoms with Crippen molar-refractivity contribution in [3.05, 3.63) is 41.2 Å². The zero-order valence-corrected chi connectivity index (χ0v) is 22.1. The number of amides is 2. The highest BCUT2D eigenvalue weighted by Gasteiger charge is 2.32. The van der Waals surface area contributed by atoms with E-state index in [9.17, 15) is 9.59 Å². The normalized spacial score (nSPS) is 18.3. The second-order valence-electron chi connectivity index (χ2n) is 10.1. The zero-order chi connectivity index (χ0) is 24.8. The van der Waals surface area contributed by atoms with Crippen LogP contribution < -0.4 is 5.32 Å². The Kier molecular flexibility index (Phi) is 8.87. The van der Waals surface area contributed by atoms with Crippen LogP contribution >= 0.6 is 11.8 Å². The van der Waals surface area contributed by atoms with Crippen molar-refractivity contribution in [1.29, 1.82) is 0 Å². The molecule has 8 heteroatoms. The summed E-state index contributed by atoms with van der Waals surface area (Å²) in [7, 11) is 1.90. The summed E-state index contributed by atoms with van der Waals surface area (Å²) in [5, 5.41) is 12.4. The molecule has 2 aliphatic carbocycles. The molecule has 4 rings (SSSR count). The van der Waals surface area contributed by atoms with Crippen LogP contribution in [0.1, 0.15) is 98.9 Å². The smallest absolute Gasteiger partial charge is 0.251 e. The van der Waals surface area contributed by atoms with Gasteiger partial charge >= 0.3 is 0 Å². The number of carbonyl (C=O) groups excluding carboxylic acids is 2. The molecule has 1 aromatic heterocycles. The van der Waals surface area contributed by atoms with E-state index in [0.717, 1.165) is 31.2 Å². The number of rotatable bonds is 8. The first-order valence-electron chi connectivity index (χ1n) is 13.1. The minimum Gasteiger partial charge on any atom is -0.342 e. The number of hydrogen-bond acceptors (Lipinski definition) is 5. The summed E-state index contributed by atoms with van der Waals surface area (Å²) in [5.74, 6) is 1.16. The Bertz CT molecular complexity index is 993. The number of aromatic nitrogens is 3. The Labute approximate surface area is 213 Å². The van der Waals surface area contributed by atoms with Crippen LogP contribution in [0.2, 0.25) is 0 Å². The SMILES string of the molecule is Cc1cccc(C(=O)N[C@@H](C)c2nnc(SCC(=O)N(C3CCCCC3)C3CCCCC3)n2C)c1. The molecule has 0 aliphatic heterocycles. The lowest BCUT2D eigenvalue weighted by atomic mass is 9.88. The molecule has 2 fully saturated rings. The molecule has 0 bridgehead atoms. The molecule has 0 saturated heterocycles. The fourth-order valence-electron chi connectivity index (χ4n) is 5.58. The molecule has 2 amide bonds. The lowest BCUT2D eigenvalue weighted by molar-refractivity contribution is -0.135. The highest BCUT2D eigenvalue weighted by Crippen LogP contribution is 2.31. The van der Waals surface area contributed by atoms with Crippen molar-refractivity contribution in [1.82, 2.24) is 25.0 Å². The van der Waals surface area contributed by atoms with E-state index < -0.39 is 0 Å². The third kappa shape index (κ3) is 6.46. The standard InChI is InChI=1S/C27H39N5O2S/c1-19-11-10-12-21(17-19)26(34)28-20(2)25-29-30-27(31(25)3)35-18-24(33)32(22-13-6-4-7-14-22)23-15-8-5-9-16-23/h10-12,17,20,22-23H,4-9,13-16,18H2,1-3H3,(H,28,34)/t20-/m0/s1. The zero-order valence-electron chi connectivity index (χ0n) is 21.3. The van der Waals surface area contributed by atoms with Crippen molar-refractivity contribution in [3.63, 3.8) is 0 Å². The molecular weight excluding hydrogens is 458 g/mol. The largest absolute Gasteiger partial charge is 0.342 e. The van der Waals surface area contributed by atoms with Crippen molar-refractivity contribution in [2.45, 2.75) is 101 Å². The van der Waals surface area contributed by atoms with E-state index in [-0.39, 0.29) is 17.9 Å². The number of nitrogens with zero attached hydrogens (tertiary/aromatic N) is 4. The molecule has 1 aromatic carbocycles. The maximum Gasteiger partial charge on any atom is 0.251 e. The Morgan fingerprint density at radius 3 is 2.29 bits per heavy atom. The molecule has 1 atom stereocenters. The number of aryl methyl sites for hydroxylation is 1. The van der Waals surface area contributed by atoms with E-state index in [1.54, 1.807) is 0 Å². The molecule has 0 spiro atoms. The number of carbonyl (C=O) groups is 2. The molecule has 2 aliphatic rings. The van der Waals surface area contributed by atoms with Gasteiger partial charge in [0.05, 0.1) is 11.8 Å². The van der Waals surface area contributed by atoms with E-state index in [2.05, 4.69) is 20.4 Å². The number of hydrogen-bond donors (Lipinski definition) is 1. The van der Waals surface area contributed by atoms with E-state index >= 15 is 0 Å². The highest BCUT2D eigenvalue weighted by atomic mass is 32.2. The first-order chi connectivity index (χ1) is 16.9. The predicted octanol–water partition coefficient (Wildman–Crippen LogP) is 5.20. The predicted molar refractivity (Wildman–Crippen MR) is 139 cm³/mol. The second-order valence-corrected chi connectivity index (χ2v) is 11.1. The monoisotopic (exact) mass is 497 g/mol. The maximum absolute atomic E-state index is 13.5. The van der Waals surface area contributed by atoms with Crippen LogP contribution in [-0.2, 0) is 11.8 Å². The molecule has 7 nitrogen and oxygen atoms in total. The minimum atomic E-state index is -0.300. The molecule has 35 heavy (non-hydrogen) atoms. The molecule has 1 heterocycles. The van der Waals surface area contributed by atoms with Gasteiger partial charge in [-0.1, -0.05) is 68.0 Å². The summed E-state index contributed by atoms with van der Waals surface area (Å²) in [5.41, 5.74) is 1.67. The molecule has 0 radical (unpaired) electrons. The molecule has 1 N–H and O–H groups in total. The van der Waals surface area contributed by atoms with Crippen LogP contribution in [0.15, 0.2) is 29.4 Å². The summed E-state index contributed by atoms with van der Waals surface area (Å²) < 4.78 is 1.89. The van der Waals surface area contributed by atoms with E-state index in [4.69, 9.17) is 0 Å². The second kappa shape index (κ2) is 12.1. The summed E-state index contributed by atoms with van der Waals surface area (Å²) in [4.78, 5) is 28.4. The molecule has 0 unspecified atom stereocenters. The van der Waals surface area contributed by atoms with Gasteiger partial charge in [-0.15, -0.1) is 10.2 Å². The van der Waals surface area contributed by atoms with Gasteiger partial charge < -0.3 is 14.8 Å². The van der Waals surface area contributed by atoms with Gasteiger partial charge in [0.25, 0.3) is 5.91 Å². The number of benzene rings is 1. The molecular formula is C27H39N5O2S. The van der Waals surface area contributed by atoms with Crippen LogP contribution in [0.4, 0.5) is 0 Å². The molecule has 2 saturated carbocycles. The van der Waals surface area contributed by atoms with E-state index in [0.29, 0.717) is 34.4 Å². The fourth-order valence-corrected chi connectivity index (χ4v) is 6.37. The maximum atomic E-state index is 13.5. The number of nitrogens with one attached hydrogen (secondary N) is 1. The average Bonchev–Trinajstić information content (AvgIpc) is 3.24. The quantitative estimate of drug-likeness (QED) is 0.507. The van der Waals surface area contributed by atoms with E-state index in [1.807, 2.05) is 49.7 Å². The Hall–Kier alpha value is -2.35. The minimum absolute atomic E-state index is 0.135. The third-order valence-electron chi connectivity index (χ3n) is 7.43. The summed E-state index contributed by atoms with van der Waals surface area (Å²) >= 11 is 1.45. The van der Waals surface area contributed by atoms with Gasteiger partial charge in [0.1, 0.15) is 0 Å². The van der Waals surface area contributed by atoms with Gasteiger partial charge in [0, 0.05) is 24.7 Å². The topological polar surface area (TPSA) is 80.1 Å². The van der Waals surface area contributed by atoms with Crippen molar-refractivity contribution >= 4 is 23.6 Å². The van der Waals surface area contributed by atoms with Gasteiger partial charge in [-0.3, -0.25) is 9.59 Å². The Morgan fingerprint density at radius 2 is 1.69 bits per heavy atom. The summed E-state index contributed by atoms with van der Waals surface area (Å²) in [6.07, 6.45) is 12.0. The van der Waals surface area contributed by atoms with Crippen molar-refractivity contribution in [2.24, 2.45) is 7.05 Å². The van der Waals surface area contributed by atoms with Gasteiger partial charge in [-0.05, 0) is 51.7 Å². The molecule has 190 valence electrons. The Balaban J connectivity index is 1.38. The van der Waals surface area contributed by atoms with E-state index in [1.165, 1.54) is 50.3 Å². The van der Waals surface area contributed by atoms with Gasteiger partial charge in [-0.2, -0.15) is 0 Å². The first kappa shape index (κ1) is 25.7. The fraction of sp³-hybridized carbons (Fsp3) is 0.630. The van der Waals surface area contributed by atoms with Crippen LogP contribution in [0, 0.1) is 6.92 Å². The van der Waals surface area contributed by atoms with Crippen molar-refractivity contribution in [2.75, 3.05) is 5.75 Å². The first-order valence-corrected chi connectivity index (χ1v) is 14.1. The molecule has 2 aromatic rings. The van der Waals surface area contributed by atoms with Gasteiger partial charge in [0.2, 0.25) is 5.91 Å². The van der Waals surface area contributed by atoms with Crippen LogP contribution in [0.25, 0.3) is 0 Å². The van der Waals surface area contributed by atoms with Crippen LogP contribution in [0.5, 0.6) is 0 Å². The van der Waals surface area contributed by atoms with Crippen LogP contribution in [-0.4, -0.2) is 49.3 Å². The Morgan fingerprint density at radius 1 is 1.06 bits per heavy atom. The summed E-state index contributed by atoms with van der Waals surface area (Å²) in [6.45, 7) is 3.88. The van der Waals surface area contributed by atoms with Gasteiger partial charge in [-0.25, -0.2) is 0 Å². The number of thioether (sulfide) groups is 1. The van der Waals surface area contributed by atoms with Crippen LogP contribution in [0.3, 0.4) is 0 Å². The third-order valence-corrected chi connectivity index (χ3v) is 8.44. The lowest BCUT2D eigenvalue weighted by Crippen LogP contribution is -2.49. The highest BCUT2D eigenvalue weighted by molar-refractivity contribution is 7.99. The van der Waals surface area contributed by atoms with Gasteiger partial charge in [0.15, 0.2) is 11.0 Å². The average molecular weight is 498 g/mol.